The van der Waals surface area contributed by atoms with Crippen LogP contribution in [0.15, 0.2) is 46.1 Å². The van der Waals surface area contributed by atoms with Crippen molar-refractivity contribution < 1.29 is 4.79 Å². The molecule has 1 saturated heterocycles. The van der Waals surface area contributed by atoms with E-state index in [2.05, 4.69) is 36.2 Å². The number of hydrogen-bond donors (Lipinski definition) is 1. The highest BCUT2D eigenvalue weighted by molar-refractivity contribution is 7.99. The molecule has 2 aromatic rings. The summed E-state index contributed by atoms with van der Waals surface area (Å²) in [6.45, 7) is 3.86. The standard InChI is InChI=1S/C19H23N3O3S/c1-14-4-2-3-5-15(14)16-6-9-21(12-13-26-16)18(24)8-11-22-10-7-17(23)20-19(22)25/h2-5,7,10,16H,6,8-9,11-13H2,1H3,(H,20,23,25)/t16-/m0/s1. The van der Waals surface area contributed by atoms with Crippen molar-refractivity contribution >= 4 is 17.7 Å². The lowest BCUT2D eigenvalue weighted by atomic mass is 10.0. The van der Waals surface area contributed by atoms with Crippen LogP contribution >= 0.6 is 11.8 Å². The third kappa shape index (κ3) is 4.46. The Labute approximate surface area is 156 Å². The van der Waals surface area contributed by atoms with E-state index in [1.807, 2.05) is 16.7 Å². The van der Waals surface area contributed by atoms with Gasteiger partial charge in [-0.1, -0.05) is 24.3 Å². The summed E-state index contributed by atoms with van der Waals surface area (Å²) in [6, 6.07) is 9.72. The van der Waals surface area contributed by atoms with Crippen LogP contribution in [-0.2, 0) is 11.3 Å². The smallest absolute Gasteiger partial charge is 0.328 e. The van der Waals surface area contributed by atoms with E-state index < -0.39 is 11.2 Å². The van der Waals surface area contributed by atoms with Gasteiger partial charge in [-0.25, -0.2) is 4.79 Å². The SMILES string of the molecule is Cc1ccccc1[C@@H]1CCN(C(=O)CCn2ccc(=O)[nH]c2=O)CCS1. The van der Waals surface area contributed by atoms with Gasteiger partial charge in [-0.05, 0) is 24.5 Å². The number of H-pyrrole nitrogens is 1. The van der Waals surface area contributed by atoms with Crippen LogP contribution in [-0.4, -0.2) is 39.2 Å². The van der Waals surface area contributed by atoms with Crippen LogP contribution in [0.25, 0.3) is 0 Å². The molecule has 2 heterocycles. The fourth-order valence-electron chi connectivity index (χ4n) is 3.21. The first-order valence-corrected chi connectivity index (χ1v) is 9.84. The van der Waals surface area contributed by atoms with Crippen molar-refractivity contribution in [1.82, 2.24) is 14.5 Å². The zero-order valence-corrected chi connectivity index (χ0v) is 15.6. The van der Waals surface area contributed by atoms with Gasteiger partial charge in [0.2, 0.25) is 5.91 Å². The molecule has 0 unspecified atom stereocenters. The molecule has 138 valence electrons. The summed E-state index contributed by atoms with van der Waals surface area (Å²) in [6.07, 6.45) is 2.62. The summed E-state index contributed by atoms with van der Waals surface area (Å²) >= 11 is 1.90. The third-order valence-electron chi connectivity index (χ3n) is 4.69. The highest BCUT2D eigenvalue weighted by Crippen LogP contribution is 2.35. The van der Waals surface area contributed by atoms with Gasteiger partial charge in [0.15, 0.2) is 0 Å². The van der Waals surface area contributed by atoms with Crippen molar-refractivity contribution in [3.8, 4) is 0 Å². The number of carbonyl (C=O) groups is 1. The van der Waals surface area contributed by atoms with Gasteiger partial charge in [0.25, 0.3) is 5.56 Å². The summed E-state index contributed by atoms with van der Waals surface area (Å²) in [4.78, 5) is 39.4. The maximum absolute atomic E-state index is 12.5. The Hall–Kier alpha value is -2.28. The largest absolute Gasteiger partial charge is 0.342 e. The number of nitrogens with one attached hydrogen (secondary N) is 1. The van der Waals surface area contributed by atoms with Gasteiger partial charge >= 0.3 is 5.69 Å². The zero-order valence-electron chi connectivity index (χ0n) is 14.8. The topological polar surface area (TPSA) is 75.2 Å². The van der Waals surface area contributed by atoms with Crippen molar-refractivity contribution in [1.29, 1.82) is 0 Å². The van der Waals surface area contributed by atoms with Gasteiger partial charge in [0.1, 0.15) is 0 Å². The number of benzene rings is 1. The molecule has 1 amide bonds. The van der Waals surface area contributed by atoms with Crippen molar-refractivity contribution in [3.05, 3.63) is 68.5 Å². The number of thioether (sulfide) groups is 1. The Morgan fingerprint density at radius 1 is 1.23 bits per heavy atom. The predicted octanol–water partition coefficient (Wildman–Crippen LogP) is 1.94. The molecule has 3 rings (SSSR count). The lowest BCUT2D eigenvalue weighted by Crippen LogP contribution is -2.35. The average molecular weight is 373 g/mol. The highest BCUT2D eigenvalue weighted by Gasteiger charge is 2.22. The molecular weight excluding hydrogens is 350 g/mol. The number of aromatic amines is 1. The number of carbonyl (C=O) groups excluding carboxylic acids is 1. The Bertz CT molecular complexity index is 890. The van der Waals surface area contributed by atoms with E-state index in [0.29, 0.717) is 5.25 Å². The minimum absolute atomic E-state index is 0.0501. The maximum atomic E-state index is 12.5. The minimum Gasteiger partial charge on any atom is -0.342 e. The van der Waals surface area contributed by atoms with Crippen LogP contribution in [0.5, 0.6) is 0 Å². The molecule has 7 heteroatoms. The zero-order chi connectivity index (χ0) is 18.5. The van der Waals surface area contributed by atoms with E-state index >= 15 is 0 Å². The average Bonchev–Trinajstić information content (AvgIpc) is 2.87. The summed E-state index contributed by atoms with van der Waals surface area (Å²) in [5, 5.41) is 0.413. The van der Waals surface area contributed by atoms with Crippen LogP contribution in [0.4, 0.5) is 0 Å². The molecule has 1 aromatic carbocycles. The summed E-state index contributed by atoms with van der Waals surface area (Å²) in [7, 11) is 0. The molecule has 0 saturated carbocycles. The Morgan fingerprint density at radius 3 is 2.81 bits per heavy atom. The first-order chi connectivity index (χ1) is 12.5. The van der Waals surface area contributed by atoms with E-state index in [1.165, 1.54) is 28.0 Å². The molecule has 26 heavy (non-hydrogen) atoms. The molecule has 6 nitrogen and oxygen atoms in total. The Balaban J connectivity index is 1.58. The molecule has 0 radical (unpaired) electrons. The van der Waals surface area contributed by atoms with Crippen LogP contribution in [0, 0.1) is 6.92 Å². The number of aryl methyl sites for hydroxylation is 2. The molecule has 0 spiro atoms. The van der Waals surface area contributed by atoms with Crippen LogP contribution in [0.3, 0.4) is 0 Å². The summed E-state index contributed by atoms with van der Waals surface area (Å²) in [5.74, 6) is 0.956. The third-order valence-corrected chi connectivity index (χ3v) is 6.00. The quantitative estimate of drug-likeness (QED) is 0.889. The normalized spacial score (nSPS) is 17.7. The Kier molecular flexibility index (Phi) is 5.98. The second kappa shape index (κ2) is 8.40. The lowest BCUT2D eigenvalue weighted by Gasteiger charge is -2.21. The molecule has 1 aromatic heterocycles. The van der Waals surface area contributed by atoms with Crippen molar-refractivity contribution in [2.24, 2.45) is 0 Å². The van der Waals surface area contributed by atoms with Crippen molar-refractivity contribution in [2.75, 3.05) is 18.8 Å². The van der Waals surface area contributed by atoms with E-state index in [0.717, 1.165) is 25.3 Å². The summed E-state index contributed by atoms with van der Waals surface area (Å²) < 4.78 is 1.36. The first-order valence-electron chi connectivity index (χ1n) is 8.79. The number of amides is 1. The van der Waals surface area contributed by atoms with Crippen molar-refractivity contribution in [2.45, 2.75) is 31.6 Å². The van der Waals surface area contributed by atoms with E-state index in [4.69, 9.17) is 0 Å². The second-order valence-electron chi connectivity index (χ2n) is 6.44. The van der Waals surface area contributed by atoms with Crippen molar-refractivity contribution in [3.63, 3.8) is 0 Å². The molecule has 1 aliphatic heterocycles. The molecule has 1 N–H and O–H groups in total. The van der Waals surface area contributed by atoms with E-state index in [9.17, 15) is 14.4 Å². The minimum atomic E-state index is -0.476. The van der Waals surface area contributed by atoms with Gasteiger partial charge in [-0.2, -0.15) is 11.8 Å². The van der Waals surface area contributed by atoms with Gasteiger partial charge in [-0.15, -0.1) is 0 Å². The number of aromatic nitrogens is 2. The summed E-state index contributed by atoms with van der Waals surface area (Å²) in [5.41, 5.74) is 1.74. The fourth-order valence-corrected chi connectivity index (χ4v) is 4.54. The van der Waals surface area contributed by atoms with Gasteiger partial charge < -0.3 is 9.47 Å². The number of nitrogens with zero attached hydrogens (tertiary/aromatic N) is 2. The first kappa shape index (κ1) is 18.5. The molecular formula is C19H23N3O3S. The molecule has 1 fully saturated rings. The second-order valence-corrected chi connectivity index (χ2v) is 7.75. The predicted molar refractivity (Wildman–Crippen MR) is 104 cm³/mol. The molecule has 0 aliphatic carbocycles. The number of rotatable bonds is 4. The van der Waals surface area contributed by atoms with E-state index in [1.54, 1.807) is 0 Å². The Morgan fingerprint density at radius 2 is 2.04 bits per heavy atom. The molecule has 1 aliphatic rings. The lowest BCUT2D eigenvalue weighted by molar-refractivity contribution is -0.131. The monoisotopic (exact) mass is 373 g/mol. The van der Waals surface area contributed by atoms with Crippen LogP contribution in [0.1, 0.15) is 29.2 Å². The van der Waals surface area contributed by atoms with Gasteiger partial charge in [0.05, 0.1) is 0 Å². The maximum Gasteiger partial charge on any atom is 0.328 e. The fraction of sp³-hybridized carbons (Fsp3) is 0.421. The number of hydrogen-bond acceptors (Lipinski definition) is 4. The van der Waals surface area contributed by atoms with Gasteiger partial charge in [-0.3, -0.25) is 14.6 Å². The molecule has 0 bridgehead atoms. The molecule has 1 atom stereocenters. The van der Waals surface area contributed by atoms with E-state index in [-0.39, 0.29) is 18.9 Å². The highest BCUT2D eigenvalue weighted by atomic mass is 32.2. The van der Waals surface area contributed by atoms with Crippen LogP contribution < -0.4 is 11.2 Å². The van der Waals surface area contributed by atoms with Crippen LogP contribution in [0.2, 0.25) is 0 Å². The van der Waals surface area contributed by atoms with Gasteiger partial charge in [0, 0.05) is 49.3 Å².